The topological polar surface area (TPSA) is 75.7 Å². The zero-order valence-electron chi connectivity index (χ0n) is 16.3. The van der Waals surface area contributed by atoms with Gasteiger partial charge in [-0.2, -0.15) is 9.50 Å². The van der Waals surface area contributed by atoms with Gasteiger partial charge in [-0.25, -0.2) is 4.39 Å². The number of oxazole rings is 1. The first-order valence-electron chi connectivity index (χ1n) is 9.57. The summed E-state index contributed by atoms with van der Waals surface area (Å²) in [4.78, 5) is 19.5. The average molecular weight is 385 g/mol. The molecular weight excluding hydrogens is 361 g/mol. The van der Waals surface area contributed by atoms with E-state index in [0.29, 0.717) is 17.1 Å². The molecule has 8 heteroatoms. The maximum Gasteiger partial charge on any atom is 0.325 e. The third-order valence-corrected chi connectivity index (χ3v) is 5.14. The number of rotatable bonds is 4. The quantitative estimate of drug-likeness (QED) is 0.747. The summed E-state index contributed by atoms with van der Waals surface area (Å²) >= 11 is 0. The van der Waals surface area contributed by atoms with Crippen molar-refractivity contribution in [1.82, 2.24) is 24.8 Å². The molecule has 1 aliphatic heterocycles. The lowest BCUT2D eigenvalue weighted by molar-refractivity contribution is 0.0888. The van der Waals surface area contributed by atoms with Gasteiger partial charge in [-0.3, -0.25) is 4.79 Å². The van der Waals surface area contributed by atoms with Crippen LogP contribution < -0.4 is 5.32 Å². The molecule has 0 saturated carbocycles. The molecule has 0 bridgehead atoms. The first kappa shape index (κ1) is 18.6. The highest BCUT2D eigenvalue weighted by molar-refractivity contribution is 5.93. The zero-order chi connectivity index (χ0) is 19.8. The molecular formula is C20H24FN5O2. The monoisotopic (exact) mass is 385 g/mol. The van der Waals surface area contributed by atoms with Gasteiger partial charge in [0.1, 0.15) is 5.82 Å². The Kier molecular flexibility index (Phi) is 4.89. The lowest BCUT2D eigenvalue weighted by Gasteiger charge is -2.29. The number of hydrogen-bond donors (Lipinski definition) is 1. The van der Waals surface area contributed by atoms with Crippen molar-refractivity contribution in [2.24, 2.45) is 0 Å². The number of nitrogens with one attached hydrogen (secondary N) is 1. The van der Waals surface area contributed by atoms with Gasteiger partial charge in [-0.1, -0.05) is 13.8 Å². The van der Waals surface area contributed by atoms with Gasteiger partial charge in [0.2, 0.25) is 5.76 Å². The number of hydrogen-bond acceptors (Lipinski definition) is 5. The van der Waals surface area contributed by atoms with Gasteiger partial charge in [0, 0.05) is 11.6 Å². The minimum Gasteiger partial charge on any atom is -0.416 e. The Morgan fingerprint density at radius 2 is 1.93 bits per heavy atom. The standard InChI is InChI=1S/C20H24FN5O2/c1-12(2)16-17(19(27)22-15-8-10-25(3)11-9-15)28-20-23-18(24-26(16)20)13-4-6-14(21)7-5-13/h4-7,12,15H,8-11H2,1-3H3,(H,22,27). The molecule has 3 heterocycles. The zero-order valence-corrected chi connectivity index (χ0v) is 16.3. The van der Waals surface area contributed by atoms with Crippen LogP contribution in [0.2, 0.25) is 0 Å². The van der Waals surface area contributed by atoms with Gasteiger partial charge >= 0.3 is 5.84 Å². The molecule has 1 fully saturated rings. The average Bonchev–Trinajstić information content (AvgIpc) is 3.22. The van der Waals surface area contributed by atoms with Crippen LogP contribution in [0.25, 0.3) is 17.2 Å². The van der Waals surface area contributed by atoms with Crippen LogP contribution >= 0.6 is 0 Å². The van der Waals surface area contributed by atoms with Crippen LogP contribution in [0.15, 0.2) is 28.7 Å². The van der Waals surface area contributed by atoms with E-state index in [9.17, 15) is 9.18 Å². The molecule has 3 aromatic rings. The molecule has 1 saturated heterocycles. The minimum atomic E-state index is -0.317. The SMILES string of the molecule is CC(C)c1c(C(=O)NC2CCN(C)CC2)oc2nc(-c3ccc(F)cc3)nn12. The molecule has 1 aromatic carbocycles. The fourth-order valence-electron chi connectivity index (χ4n) is 3.56. The fourth-order valence-corrected chi connectivity index (χ4v) is 3.56. The van der Waals surface area contributed by atoms with Crippen LogP contribution in [0.3, 0.4) is 0 Å². The van der Waals surface area contributed by atoms with Crippen molar-refractivity contribution in [3.05, 3.63) is 41.5 Å². The largest absolute Gasteiger partial charge is 0.416 e. The van der Waals surface area contributed by atoms with E-state index in [1.54, 1.807) is 16.6 Å². The Hall–Kier alpha value is -2.74. The van der Waals surface area contributed by atoms with E-state index >= 15 is 0 Å². The van der Waals surface area contributed by atoms with Crippen LogP contribution in [0.1, 0.15) is 48.9 Å². The number of amides is 1. The summed E-state index contributed by atoms with van der Waals surface area (Å²) in [5, 5.41) is 7.58. The van der Waals surface area contributed by atoms with Gasteiger partial charge in [-0.15, -0.1) is 5.10 Å². The Morgan fingerprint density at radius 1 is 1.25 bits per heavy atom. The van der Waals surface area contributed by atoms with Crippen LogP contribution in [-0.4, -0.2) is 51.6 Å². The first-order chi connectivity index (χ1) is 13.4. The van der Waals surface area contributed by atoms with E-state index in [2.05, 4.69) is 27.3 Å². The van der Waals surface area contributed by atoms with Crippen molar-refractivity contribution in [2.75, 3.05) is 20.1 Å². The molecule has 0 radical (unpaired) electrons. The van der Waals surface area contributed by atoms with Crippen LogP contribution in [0.5, 0.6) is 0 Å². The number of carbonyl (C=O) groups excluding carboxylic acids is 1. The molecule has 4 rings (SSSR count). The number of carbonyl (C=O) groups is 1. The number of likely N-dealkylation sites (tertiary alicyclic amines) is 1. The van der Waals surface area contributed by atoms with Crippen molar-refractivity contribution < 1.29 is 13.6 Å². The van der Waals surface area contributed by atoms with E-state index < -0.39 is 0 Å². The highest BCUT2D eigenvalue weighted by atomic mass is 19.1. The van der Waals surface area contributed by atoms with Crippen molar-refractivity contribution in [3.8, 4) is 11.4 Å². The Balaban J connectivity index is 1.63. The smallest absolute Gasteiger partial charge is 0.325 e. The van der Waals surface area contributed by atoms with Gasteiger partial charge in [0.25, 0.3) is 5.91 Å². The summed E-state index contributed by atoms with van der Waals surface area (Å²) in [5.74, 6) is 0.424. The molecule has 0 unspecified atom stereocenters. The van der Waals surface area contributed by atoms with Crippen molar-refractivity contribution >= 4 is 11.8 Å². The lowest BCUT2D eigenvalue weighted by Crippen LogP contribution is -2.43. The number of fused-ring (bicyclic) bond motifs is 1. The Bertz CT molecular complexity index is 984. The van der Waals surface area contributed by atoms with E-state index in [-0.39, 0.29) is 35.3 Å². The van der Waals surface area contributed by atoms with Gasteiger partial charge in [0.15, 0.2) is 5.82 Å². The van der Waals surface area contributed by atoms with E-state index in [4.69, 9.17) is 4.42 Å². The second-order valence-electron chi connectivity index (χ2n) is 7.66. The third-order valence-electron chi connectivity index (χ3n) is 5.14. The summed E-state index contributed by atoms with van der Waals surface area (Å²) in [6.45, 7) is 5.89. The van der Waals surface area contributed by atoms with Crippen molar-refractivity contribution in [3.63, 3.8) is 0 Å². The molecule has 0 spiro atoms. The molecule has 0 aliphatic carbocycles. The van der Waals surface area contributed by atoms with Crippen molar-refractivity contribution in [2.45, 2.75) is 38.6 Å². The van der Waals surface area contributed by atoms with E-state index in [1.165, 1.54) is 12.1 Å². The Labute approximate surface area is 162 Å². The number of benzene rings is 1. The van der Waals surface area contributed by atoms with Gasteiger partial charge in [0.05, 0.1) is 5.69 Å². The fraction of sp³-hybridized carbons (Fsp3) is 0.450. The number of aromatic nitrogens is 3. The summed E-state index contributed by atoms with van der Waals surface area (Å²) < 4.78 is 20.5. The second kappa shape index (κ2) is 7.35. The number of piperidine rings is 1. The predicted molar refractivity (Wildman–Crippen MR) is 103 cm³/mol. The van der Waals surface area contributed by atoms with Gasteiger partial charge in [-0.05, 0) is 63.2 Å². The number of nitrogens with zero attached hydrogens (tertiary/aromatic N) is 4. The molecule has 2 aromatic heterocycles. The minimum absolute atomic E-state index is 0.0160. The Morgan fingerprint density at radius 3 is 2.57 bits per heavy atom. The predicted octanol–water partition coefficient (Wildman–Crippen LogP) is 3.08. The van der Waals surface area contributed by atoms with Crippen LogP contribution in [0, 0.1) is 5.82 Å². The van der Waals surface area contributed by atoms with Gasteiger partial charge < -0.3 is 14.6 Å². The summed E-state index contributed by atoms with van der Waals surface area (Å²) in [7, 11) is 2.08. The molecule has 7 nitrogen and oxygen atoms in total. The maximum absolute atomic E-state index is 13.2. The summed E-state index contributed by atoms with van der Waals surface area (Å²) in [6, 6.07) is 6.10. The molecule has 148 valence electrons. The van der Waals surface area contributed by atoms with Crippen LogP contribution in [0.4, 0.5) is 4.39 Å². The molecule has 1 amide bonds. The van der Waals surface area contributed by atoms with Crippen molar-refractivity contribution in [1.29, 1.82) is 0 Å². The van der Waals surface area contributed by atoms with E-state index in [0.717, 1.165) is 25.9 Å². The molecule has 1 N–H and O–H groups in total. The highest BCUT2D eigenvalue weighted by Gasteiger charge is 2.28. The number of halogens is 1. The molecule has 0 atom stereocenters. The summed E-state index contributed by atoms with van der Waals surface area (Å²) in [5.41, 5.74) is 1.37. The first-order valence-corrected chi connectivity index (χ1v) is 9.57. The molecule has 28 heavy (non-hydrogen) atoms. The third kappa shape index (κ3) is 3.52. The lowest BCUT2D eigenvalue weighted by atomic mass is 10.0. The van der Waals surface area contributed by atoms with Crippen LogP contribution in [-0.2, 0) is 0 Å². The molecule has 1 aliphatic rings. The normalized spacial score (nSPS) is 16.2. The second-order valence-corrected chi connectivity index (χ2v) is 7.66. The maximum atomic E-state index is 13.2. The van der Waals surface area contributed by atoms with E-state index in [1.807, 2.05) is 13.8 Å². The highest BCUT2D eigenvalue weighted by Crippen LogP contribution is 2.26. The summed E-state index contributed by atoms with van der Waals surface area (Å²) in [6.07, 6.45) is 1.84.